The molecular weight excluding hydrogens is 392 g/mol. The molecule has 6 heteroatoms. The van der Waals surface area contributed by atoms with E-state index in [2.05, 4.69) is 21.3 Å². The topological polar surface area (TPSA) is 69.0 Å². The van der Waals surface area contributed by atoms with Gasteiger partial charge in [0, 0.05) is 30.2 Å². The zero-order valence-corrected chi connectivity index (χ0v) is 17.6. The molecule has 1 aliphatic heterocycles. The highest BCUT2D eigenvalue weighted by Gasteiger charge is 2.15. The third-order valence-corrected chi connectivity index (χ3v) is 6.19. The fraction of sp³-hybridized carbons (Fsp3) is 0.208. The maximum atomic E-state index is 12.9. The normalized spacial score (nSPS) is 13.5. The van der Waals surface area contributed by atoms with Crippen molar-refractivity contribution in [3.63, 3.8) is 0 Å². The number of amides is 1. The molecule has 0 saturated carbocycles. The maximum absolute atomic E-state index is 12.9. The molecular formula is C24H22N4OS. The lowest BCUT2D eigenvalue weighted by atomic mass is 9.95. The van der Waals surface area contributed by atoms with E-state index in [-0.39, 0.29) is 5.91 Å². The lowest BCUT2D eigenvalue weighted by molar-refractivity contribution is 0.102. The molecule has 0 bridgehead atoms. The number of anilines is 2. The Labute approximate surface area is 180 Å². The van der Waals surface area contributed by atoms with Gasteiger partial charge in [-0.15, -0.1) is 0 Å². The lowest BCUT2D eigenvalue weighted by Crippen LogP contribution is -2.33. The van der Waals surface area contributed by atoms with Crippen molar-refractivity contribution in [2.75, 3.05) is 34.8 Å². The molecule has 1 saturated heterocycles. The molecule has 0 aliphatic carbocycles. The molecule has 0 radical (unpaired) electrons. The van der Waals surface area contributed by atoms with Crippen molar-refractivity contribution in [2.24, 2.45) is 0 Å². The average molecular weight is 415 g/mol. The minimum Gasteiger partial charge on any atom is -0.355 e. The molecule has 150 valence electrons. The van der Waals surface area contributed by atoms with Crippen LogP contribution in [0.3, 0.4) is 0 Å². The van der Waals surface area contributed by atoms with Crippen molar-refractivity contribution in [1.82, 2.24) is 4.98 Å². The number of rotatable bonds is 4. The second-order valence-electron chi connectivity index (χ2n) is 7.13. The van der Waals surface area contributed by atoms with Gasteiger partial charge in [-0.3, -0.25) is 4.79 Å². The number of carbonyl (C=O) groups excluding carboxylic acids is 1. The van der Waals surface area contributed by atoms with Gasteiger partial charge in [0.1, 0.15) is 5.82 Å². The minimum absolute atomic E-state index is 0.160. The predicted octanol–water partition coefficient (Wildman–Crippen LogP) is 4.73. The van der Waals surface area contributed by atoms with Crippen molar-refractivity contribution in [3.8, 4) is 17.2 Å². The fourth-order valence-corrected chi connectivity index (χ4v) is 4.46. The number of aromatic nitrogens is 1. The van der Waals surface area contributed by atoms with Crippen LogP contribution < -0.4 is 10.2 Å². The lowest BCUT2D eigenvalue weighted by Gasteiger charge is -2.27. The van der Waals surface area contributed by atoms with Crippen molar-refractivity contribution in [3.05, 3.63) is 77.5 Å². The van der Waals surface area contributed by atoms with E-state index in [0.717, 1.165) is 47.1 Å². The molecule has 5 nitrogen and oxygen atoms in total. The standard InChI is InChI=1S/C24H22N4OS/c1-17-21(19-7-5-18(15-25)6-8-19)3-2-4-22(17)24(29)27-20-9-10-23(26-16-20)28-11-13-30-14-12-28/h2-10,16H,11-14H2,1H3,(H,27,29). The first-order valence-electron chi connectivity index (χ1n) is 9.86. The summed E-state index contributed by atoms with van der Waals surface area (Å²) < 4.78 is 0. The number of hydrogen-bond donors (Lipinski definition) is 1. The smallest absolute Gasteiger partial charge is 0.255 e. The Kier molecular flexibility index (Phi) is 6.01. The summed E-state index contributed by atoms with van der Waals surface area (Å²) in [7, 11) is 0. The molecule has 2 aromatic carbocycles. The number of pyridine rings is 1. The van der Waals surface area contributed by atoms with Crippen LogP contribution in [0.1, 0.15) is 21.5 Å². The van der Waals surface area contributed by atoms with Crippen LogP contribution in [0.25, 0.3) is 11.1 Å². The van der Waals surface area contributed by atoms with Gasteiger partial charge in [-0.2, -0.15) is 17.0 Å². The van der Waals surface area contributed by atoms with Crippen LogP contribution in [-0.2, 0) is 0 Å². The average Bonchev–Trinajstić information content (AvgIpc) is 2.80. The molecule has 3 aromatic rings. The van der Waals surface area contributed by atoms with Gasteiger partial charge >= 0.3 is 0 Å². The van der Waals surface area contributed by atoms with E-state index in [1.54, 1.807) is 18.3 Å². The van der Waals surface area contributed by atoms with Crippen molar-refractivity contribution >= 4 is 29.2 Å². The van der Waals surface area contributed by atoms with E-state index in [0.29, 0.717) is 16.8 Å². The van der Waals surface area contributed by atoms with Gasteiger partial charge in [0.25, 0.3) is 5.91 Å². The van der Waals surface area contributed by atoms with Gasteiger partial charge in [-0.25, -0.2) is 4.98 Å². The SMILES string of the molecule is Cc1c(C(=O)Nc2ccc(N3CCSCC3)nc2)cccc1-c1ccc(C#N)cc1. The van der Waals surface area contributed by atoms with Crippen molar-refractivity contribution in [1.29, 1.82) is 5.26 Å². The quantitative estimate of drug-likeness (QED) is 0.668. The van der Waals surface area contributed by atoms with Gasteiger partial charge < -0.3 is 10.2 Å². The summed E-state index contributed by atoms with van der Waals surface area (Å²) in [6, 6.07) is 19.1. The van der Waals surface area contributed by atoms with Crippen LogP contribution in [0, 0.1) is 18.3 Å². The molecule has 30 heavy (non-hydrogen) atoms. The van der Waals surface area contributed by atoms with Crippen LogP contribution in [0.15, 0.2) is 60.8 Å². The number of benzene rings is 2. The summed E-state index contributed by atoms with van der Waals surface area (Å²) in [6.07, 6.45) is 1.72. The molecule has 0 unspecified atom stereocenters. The van der Waals surface area contributed by atoms with E-state index in [1.807, 2.05) is 61.2 Å². The number of hydrogen-bond acceptors (Lipinski definition) is 5. The van der Waals surface area contributed by atoms with Gasteiger partial charge in [-0.05, 0) is 53.9 Å². The van der Waals surface area contributed by atoms with E-state index < -0.39 is 0 Å². The van der Waals surface area contributed by atoms with E-state index in [4.69, 9.17) is 5.26 Å². The van der Waals surface area contributed by atoms with Gasteiger partial charge in [-0.1, -0.05) is 24.3 Å². The highest BCUT2D eigenvalue weighted by Crippen LogP contribution is 2.27. The Morgan fingerprint density at radius 2 is 1.87 bits per heavy atom. The van der Waals surface area contributed by atoms with Crippen molar-refractivity contribution < 1.29 is 4.79 Å². The molecule has 1 amide bonds. The Morgan fingerprint density at radius 1 is 1.10 bits per heavy atom. The largest absolute Gasteiger partial charge is 0.355 e. The second-order valence-corrected chi connectivity index (χ2v) is 8.35. The van der Waals surface area contributed by atoms with E-state index >= 15 is 0 Å². The third kappa shape index (κ3) is 4.32. The first-order valence-corrected chi connectivity index (χ1v) is 11.0. The summed E-state index contributed by atoms with van der Waals surface area (Å²) in [6.45, 7) is 3.95. The van der Waals surface area contributed by atoms with Crippen molar-refractivity contribution in [2.45, 2.75) is 6.92 Å². The van der Waals surface area contributed by atoms with Gasteiger partial charge in [0.05, 0.1) is 23.5 Å². The summed E-state index contributed by atoms with van der Waals surface area (Å²) in [5.41, 5.74) is 4.77. The second kappa shape index (κ2) is 9.02. The Morgan fingerprint density at radius 3 is 2.53 bits per heavy atom. The highest BCUT2D eigenvalue weighted by molar-refractivity contribution is 7.99. The summed E-state index contributed by atoms with van der Waals surface area (Å²) in [5, 5.41) is 11.9. The Bertz CT molecular complexity index is 1080. The van der Waals surface area contributed by atoms with E-state index in [9.17, 15) is 4.79 Å². The Hall–Kier alpha value is -3.30. The summed E-state index contributed by atoms with van der Waals surface area (Å²) in [4.78, 5) is 19.7. The monoisotopic (exact) mass is 414 g/mol. The zero-order valence-electron chi connectivity index (χ0n) is 16.8. The molecule has 0 atom stereocenters. The summed E-state index contributed by atoms with van der Waals surface area (Å²) >= 11 is 1.96. The van der Waals surface area contributed by atoms with Crippen LogP contribution in [-0.4, -0.2) is 35.5 Å². The molecule has 4 rings (SSSR count). The minimum atomic E-state index is -0.160. The summed E-state index contributed by atoms with van der Waals surface area (Å²) in [5.74, 6) is 3.03. The molecule has 1 N–H and O–H groups in total. The van der Waals surface area contributed by atoms with Gasteiger partial charge in [0.2, 0.25) is 0 Å². The third-order valence-electron chi connectivity index (χ3n) is 5.24. The first-order chi connectivity index (χ1) is 14.7. The van der Waals surface area contributed by atoms with Crippen LogP contribution in [0.5, 0.6) is 0 Å². The van der Waals surface area contributed by atoms with Gasteiger partial charge in [0.15, 0.2) is 0 Å². The maximum Gasteiger partial charge on any atom is 0.255 e. The molecule has 2 heterocycles. The van der Waals surface area contributed by atoms with E-state index in [1.165, 1.54) is 0 Å². The molecule has 1 aromatic heterocycles. The number of carbonyl (C=O) groups is 1. The highest BCUT2D eigenvalue weighted by atomic mass is 32.2. The number of nitrogens with one attached hydrogen (secondary N) is 1. The molecule has 1 fully saturated rings. The fourth-order valence-electron chi connectivity index (χ4n) is 3.56. The Balaban J connectivity index is 1.51. The number of thioether (sulfide) groups is 1. The number of nitrogens with zero attached hydrogens (tertiary/aromatic N) is 3. The molecule has 0 spiro atoms. The number of nitriles is 1. The molecule has 1 aliphatic rings. The van der Waals surface area contributed by atoms with Crippen LogP contribution in [0.4, 0.5) is 11.5 Å². The predicted molar refractivity (Wildman–Crippen MR) is 123 cm³/mol. The van der Waals surface area contributed by atoms with Crippen LogP contribution in [0.2, 0.25) is 0 Å². The zero-order chi connectivity index (χ0) is 20.9. The first kappa shape index (κ1) is 20.0. The van der Waals surface area contributed by atoms with Crippen LogP contribution >= 0.6 is 11.8 Å².